The zero-order valence-electron chi connectivity index (χ0n) is 23.3. The highest BCUT2D eigenvalue weighted by atomic mass is 19.1. The molecule has 1 heterocycles. The Morgan fingerprint density at radius 3 is 2.50 bits per heavy atom. The molecule has 0 fully saturated rings. The maximum absolute atomic E-state index is 14.2. The first-order valence-corrected chi connectivity index (χ1v) is 12.9. The van der Waals surface area contributed by atoms with Gasteiger partial charge in [-0.15, -0.1) is 0 Å². The van der Waals surface area contributed by atoms with Crippen LogP contribution in [0, 0.1) is 17.0 Å². The first kappa shape index (κ1) is 30.4. The van der Waals surface area contributed by atoms with E-state index < -0.39 is 29.7 Å². The Kier molecular flexibility index (Phi) is 10.1. The number of amides is 2. The van der Waals surface area contributed by atoms with Gasteiger partial charge in [0.05, 0.1) is 13.7 Å². The van der Waals surface area contributed by atoms with Crippen molar-refractivity contribution in [1.29, 1.82) is 0 Å². The number of nitrogens with one attached hydrogen (secondary N) is 1. The number of carbonyl (C=O) groups is 2. The zero-order valence-corrected chi connectivity index (χ0v) is 23.3. The SMILES string of the molecule is CCCCOc1cc(-c2nc(C(=O)NCc3ccc(F)cc3F)c(C(CC(C)(C)C)OC(N)=O)o2)ccc1OC. The summed E-state index contributed by atoms with van der Waals surface area (Å²) in [6.07, 6.45) is -0.0519. The number of oxazole rings is 1. The van der Waals surface area contributed by atoms with Gasteiger partial charge in [0.1, 0.15) is 11.6 Å². The zero-order chi connectivity index (χ0) is 29.4. The van der Waals surface area contributed by atoms with Crippen LogP contribution in [0.2, 0.25) is 0 Å². The van der Waals surface area contributed by atoms with Crippen molar-refractivity contribution in [2.24, 2.45) is 11.1 Å². The summed E-state index contributed by atoms with van der Waals surface area (Å²) in [5.74, 6) is -1.25. The lowest BCUT2D eigenvalue weighted by Gasteiger charge is -2.24. The topological polar surface area (TPSA) is 126 Å². The van der Waals surface area contributed by atoms with Crippen molar-refractivity contribution >= 4 is 12.0 Å². The number of methoxy groups -OCH3 is 1. The Balaban J connectivity index is 2.03. The van der Waals surface area contributed by atoms with Crippen LogP contribution < -0.4 is 20.5 Å². The number of nitrogens with zero attached hydrogens (tertiary/aromatic N) is 1. The fraction of sp³-hybridized carbons (Fsp3) is 0.414. The first-order chi connectivity index (χ1) is 18.9. The number of primary amides is 1. The molecule has 2 aromatic carbocycles. The summed E-state index contributed by atoms with van der Waals surface area (Å²) in [4.78, 5) is 29.5. The van der Waals surface area contributed by atoms with Gasteiger partial charge in [0.15, 0.2) is 29.1 Å². The van der Waals surface area contributed by atoms with Crippen LogP contribution in [0.5, 0.6) is 11.5 Å². The smallest absolute Gasteiger partial charge is 0.405 e. The molecular weight excluding hydrogens is 524 g/mol. The molecule has 0 aliphatic heterocycles. The molecule has 0 saturated carbocycles. The van der Waals surface area contributed by atoms with Crippen LogP contribution >= 0.6 is 0 Å². The summed E-state index contributed by atoms with van der Waals surface area (Å²) in [5, 5.41) is 2.58. The molecule has 1 aromatic heterocycles. The fourth-order valence-electron chi connectivity index (χ4n) is 3.89. The summed E-state index contributed by atoms with van der Waals surface area (Å²) >= 11 is 0. The van der Waals surface area contributed by atoms with Crippen LogP contribution in [-0.4, -0.2) is 30.7 Å². The standard InChI is InChI=1S/C29H35F2N3O6/c1-6-7-12-38-22-13-17(9-11-21(22)37-5)27-34-24(25(40-27)23(39-28(32)36)15-29(2,3)4)26(35)33-16-18-8-10-19(30)14-20(18)31/h8-11,13-14,23H,6-7,12,15-16H2,1-5H3,(H2,32,36)(H,33,35). The van der Waals surface area contributed by atoms with Gasteiger partial charge >= 0.3 is 6.09 Å². The average Bonchev–Trinajstić information content (AvgIpc) is 3.32. The lowest BCUT2D eigenvalue weighted by Crippen LogP contribution is -2.27. The highest BCUT2D eigenvalue weighted by molar-refractivity contribution is 5.94. The molecule has 40 heavy (non-hydrogen) atoms. The normalized spacial score (nSPS) is 12.1. The number of unbranched alkanes of at least 4 members (excludes halogenated alkanes) is 1. The quantitative estimate of drug-likeness (QED) is 0.249. The Morgan fingerprint density at radius 2 is 1.88 bits per heavy atom. The number of aromatic nitrogens is 1. The predicted molar refractivity (Wildman–Crippen MR) is 144 cm³/mol. The number of rotatable bonds is 12. The van der Waals surface area contributed by atoms with Crippen molar-refractivity contribution in [1.82, 2.24) is 10.3 Å². The molecule has 2 amide bonds. The third kappa shape index (κ3) is 8.17. The molecule has 3 rings (SSSR count). The van der Waals surface area contributed by atoms with E-state index in [0.717, 1.165) is 25.0 Å². The Bertz CT molecular complexity index is 1340. The van der Waals surface area contributed by atoms with Crippen LogP contribution in [0.4, 0.5) is 13.6 Å². The number of hydrogen-bond donors (Lipinski definition) is 2. The van der Waals surface area contributed by atoms with Gasteiger partial charge in [-0.05, 0) is 42.5 Å². The molecule has 3 N–H and O–H groups in total. The number of halogens is 2. The maximum atomic E-state index is 14.2. The van der Waals surface area contributed by atoms with Gasteiger partial charge in [0.2, 0.25) is 5.89 Å². The van der Waals surface area contributed by atoms with Gasteiger partial charge in [0, 0.05) is 23.7 Å². The molecular formula is C29H35F2N3O6. The largest absolute Gasteiger partial charge is 0.493 e. The Hall–Kier alpha value is -4.15. The van der Waals surface area contributed by atoms with Crippen molar-refractivity contribution in [2.45, 2.75) is 59.6 Å². The van der Waals surface area contributed by atoms with Crippen molar-refractivity contribution in [3.05, 3.63) is 65.1 Å². The number of benzene rings is 2. The van der Waals surface area contributed by atoms with Gasteiger partial charge in [0.25, 0.3) is 5.91 Å². The van der Waals surface area contributed by atoms with Gasteiger partial charge in [-0.3, -0.25) is 4.79 Å². The molecule has 9 nitrogen and oxygen atoms in total. The second kappa shape index (κ2) is 13.3. The summed E-state index contributed by atoms with van der Waals surface area (Å²) in [7, 11) is 1.52. The van der Waals surface area contributed by atoms with E-state index in [2.05, 4.69) is 10.3 Å². The van der Waals surface area contributed by atoms with Gasteiger partial charge < -0.3 is 29.7 Å². The maximum Gasteiger partial charge on any atom is 0.405 e. The van der Waals surface area contributed by atoms with E-state index in [1.165, 1.54) is 13.2 Å². The summed E-state index contributed by atoms with van der Waals surface area (Å²) in [6, 6.07) is 8.09. The lowest BCUT2D eigenvalue weighted by atomic mass is 9.88. The molecule has 0 radical (unpaired) electrons. The first-order valence-electron chi connectivity index (χ1n) is 12.9. The Labute approximate surface area is 232 Å². The minimum atomic E-state index is -1.05. The van der Waals surface area contributed by atoms with Crippen LogP contribution in [0.1, 0.15) is 74.9 Å². The van der Waals surface area contributed by atoms with E-state index in [-0.39, 0.29) is 41.3 Å². The average molecular weight is 560 g/mol. The number of ether oxygens (including phenoxy) is 3. The molecule has 0 spiro atoms. The predicted octanol–water partition coefficient (Wildman–Crippen LogP) is 6.31. The number of carbonyl (C=O) groups excluding carboxylic acids is 2. The molecule has 0 aliphatic rings. The van der Waals surface area contributed by atoms with Gasteiger partial charge in [-0.2, -0.15) is 0 Å². The lowest BCUT2D eigenvalue weighted by molar-refractivity contribution is 0.0635. The van der Waals surface area contributed by atoms with E-state index in [4.69, 9.17) is 24.4 Å². The molecule has 0 bridgehead atoms. The van der Waals surface area contributed by atoms with E-state index in [1.54, 1.807) is 18.2 Å². The number of hydrogen-bond acceptors (Lipinski definition) is 7. The molecule has 3 aromatic rings. The van der Waals surface area contributed by atoms with Crippen LogP contribution in [0.3, 0.4) is 0 Å². The molecule has 1 atom stereocenters. The molecule has 0 aliphatic carbocycles. The van der Waals surface area contributed by atoms with Crippen molar-refractivity contribution in [3.63, 3.8) is 0 Å². The molecule has 0 saturated heterocycles. The molecule has 11 heteroatoms. The second-order valence-electron chi connectivity index (χ2n) is 10.4. The van der Waals surface area contributed by atoms with Crippen molar-refractivity contribution in [2.75, 3.05) is 13.7 Å². The van der Waals surface area contributed by atoms with E-state index >= 15 is 0 Å². The Morgan fingerprint density at radius 1 is 1.12 bits per heavy atom. The molecule has 1 unspecified atom stereocenters. The summed E-state index contributed by atoms with van der Waals surface area (Å²) in [6.45, 7) is 8.03. The second-order valence-corrected chi connectivity index (χ2v) is 10.4. The highest BCUT2D eigenvalue weighted by Gasteiger charge is 2.33. The monoisotopic (exact) mass is 559 g/mol. The van der Waals surface area contributed by atoms with E-state index in [9.17, 15) is 18.4 Å². The van der Waals surface area contributed by atoms with E-state index in [0.29, 0.717) is 23.7 Å². The minimum absolute atomic E-state index is 0.0231. The van der Waals surface area contributed by atoms with Crippen molar-refractivity contribution in [3.8, 4) is 23.0 Å². The minimum Gasteiger partial charge on any atom is -0.493 e. The van der Waals surface area contributed by atoms with E-state index in [1.807, 2.05) is 27.7 Å². The van der Waals surface area contributed by atoms with Gasteiger partial charge in [-0.1, -0.05) is 40.2 Å². The van der Waals surface area contributed by atoms with Crippen LogP contribution in [-0.2, 0) is 11.3 Å². The van der Waals surface area contributed by atoms with Crippen molar-refractivity contribution < 1.29 is 37.0 Å². The van der Waals surface area contributed by atoms with Crippen LogP contribution in [0.25, 0.3) is 11.5 Å². The third-order valence-electron chi connectivity index (χ3n) is 5.84. The molecule has 216 valence electrons. The fourth-order valence-corrected chi connectivity index (χ4v) is 3.89. The third-order valence-corrected chi connectivity index (χ3v) is 5.84. The van der Waals surface area contributed by atoms with Crippen LogP contribution in [0.15, 0.2) is 40.8 Å². The summed E-state index contributed by atoms with van der Waals surface area (Å²) in [5.41, 5.74) is 5.36. The highest BCUT2D eigenvalue weighted by Crippen LogP contribution is 2.38. The summed E-state index contributed by atoms with van der Waals surface area (Å²) < 4.78 is 50.1. The number of nitrogens with two attached hydrogens (primary N) is 1. The van der Waals surface area contributed by atoms with Gasteiger partial charge in [-0.25, -0.2) is 18.6 Å².